The predicted molar refractivity (Wildman–Crippen MR) is 85.5 cm³/mol. The molecule has 1 amide bonds. The van der Waals surface area contributed by atoms with Gasteiger partial charge in [0.2, 0.25) is 5.91 Å². The van der Waals surface area contributed by atoms with Crippen molar-refractivity contribution in [1.29, 1.82) is 0 Å². The third kappa shape index (κ3) is 2.64. The van der Waals surface area contributed by atoms with Gasteiger partial charge in [-0.1, -0.05) is 18.2 Å². The fourth-order valence-corrected chi connectivity index (χ4v) is 3.44. The number of nitrogens with zero attached hydrogens (tertiary/aromatic N) is 1. The van der Waals surface area contributed by atoms with Gasteiger partial charge < -0.3 is 9.64 Å². The van der Waals surface area contributed by atoms with Gasteiger partial charge in [-0.25, -0.2) is 0 Å². The van der Waals surface area contributed by atoms with E-state index in [-0.39, 0.29) is 17.6 Å². The summed E-state index contributed by atoms with van der Waals surface area (Å²) in [7, 11) is 1.68. The van der Waals surface area contributed by atoms with Gasteiger partial charge in [0.15, 0.2) is 0 Å². The summed E-state index contributed by atoms with van der Waals surface area (Å²) in [6.45, 7) is 0.803. The number of para-hydroxylation sites is 1. The normalized spacial score (nSPS) is 22.9. The highest BCUT2D eigenvalue weighted by atomic mass is 32.2. The van der Waals surface area contributed by atoms with E-state index in [1.54, 1.807) is 7.11 Å². The van der Waals surface area contributed by atoms with E-state index in [0.29, 0.717) is 0 Å². The zero-order valence-corrected chi connectivity index (χ0v) is 13.4. The Morgan fingerprint density at radius 1 is 1.43 bits per heavy atom. The van der Waals surface area contributed by atoms with Crippen LogP contribution >= 0.6 is 11.8 Å². The van der Waals surface area contributed by atoms with Gasteiger partial charge in [-0.2, -0.15) is 11.8 Å². The molecule has 1 spiro atoms. The molecule has 5 heteroatoms. The fourth-order valence-electron chi connectivity index (χ4n) is 3.02. The summed E-state index contributed by atoms with van der Waals surface area (Å²) in [6, 6.07) is 7.97. The van der Waals surface area contributed by atoms with Crippen LogP contribution in [0.25, 0.3) is 0 Å². The minimum Gasteiger partial charge on any atom is -0.496 e. The fraction of sp³-hybridized carbons (Fsp3) is 0.562. The molecule has 1 aliphatic heterocycles. The van der Waals surface area contributed by atoms with Gasteiger partial charge >= 0.3 is 0 Å². The molecule has 0 aromatic heterocycles. The van der Waals surface area contributed by atoms with Crippen LogP contribution in [0.15, 0.2) is 24.3 Å². The van der Waals surface area contributed by atoms with Crippen LogP contribution in [0, 0.1) is 0 Å². The van der Waals surface area contributed by atoms with Gasteiger partial charge in [-0.05, 0) is 37.3 Å². The number of ether oxygens (including phenoxy) is 1. The lowest BCUT2D eigenvalue weighted by Crippen LogP contribution is -2.33. The SMILES string of the molecule is COc1ccccc1C1NC2(CC2)C(=O)N1CCCSC. The molecule has 2 aliphatic rings. The summed E-state index contributed by atoms with van der Waals surface area (Å²) < 4.78 is 5.47. The number of methoxy groups -OCH3 is 1. The lowest BCUT2D eigenvalue weighted by atomic mass is 10.1. The van der Waals surface area contributed by atoms with Gasteiger partial charge in [0.25, 0.3) is 0 Å². The monoisotopic (exact) mass is 306 g/mol. The minimum atomic E-state index is -0.287. The Balaban J connectivity index is 1.85. The molecule has 1 atom stereocenters. The number of carbonyl (C=O) groups excluding carboxylic acids is 1. The second-order valence-electron chi connectivity index (χ2n) is 5.72. The highest BCUT2D eigenvalue weighted by Gasteiger charge is 2.59. The molecule has 1 unspecified atom stereocenters. The summed E-state index contributed by atoms with van der Waals surface area (Å²) in [5.74, 6) is 2.19. The number of thioether (sulfide) groups is 1. The summed E-state index contributed by atoms with van der Waals surface area (Å²) in [5.41, 5.74) is 0.770. The van der Waals surface area contributed by atoms with E-state index < -0.39 is 0 Å². The van der Waals surface area contributed by atoms with Gasteiger partial charge in [0.05, 0.1) is 7.11 Å². The summed E-state index contributed by atoms with van der Waals surface area (Å²) >= 11 is 1.82. The average Bonchev–Trinajstić information content (AvgIpc) is 3.24. The lowest BCUT2D eigenvalue weighted by Gasteiger charge is -2.25. The molecule has 21 heavy (non-hydrogen) atoms. The number of hydrogen-bond acceptors (Lipinski definition) is 4. The molecule has 4 nitrogen and oxygen atoms in total. The Morgan fingerprint density at radius 2 is 2.19 bits per heavy atom. The smallest absolute Gasteiger partial charge is 0.244 e. The number of nitrogens with one attached hydrogen (secondary N) is 1. The largest absolute Gasteiger partial charge is 0.496 e. The highest BCUT2D eigenvalue weighted by molar-refractivity contribution is 7.98. The minimum absolute atomic E-state index is 0.0574. The van der Waals surface area contributed by atoms with E-state index in [1.165, 1.54) is 0 Å². The molecule has 1 saturated heterocycles. The van der Waals surface area contributed by atoms with Crippen molar-refractivity contribution in [2.75, 3.05) is 25.7 Å². The molecule has 114 valence electrons. The Kier molecular flexibility index (Phi) is 4.13. The number of hydrogen-bond donors (Lipinski definition) is 1. The third-order valence-corrected chi connectivity index (χ3v) is 5.02. The molecule has 1 aromatic rings. The summed E-state index contributed by atoms with van der Waals surface area (Å²) in [6.07, 6.45) is 4.98. The second-order valence-corrected chi connectivity index (χ2v) is 6.70. The zero-order valence-electron chi connectivity index (χ0n) is 12.6. The molecule has 1 aliphatic carbocycles. The van der Waals surface area contributed by atoms with Crippen LogP contribution < -0.4 is 10.1 Å². The summed E-state index contributed by atoms with van der Waals surface area (Å²) in [4.78, 5) is 14.7. The Labute approximate surface area is 130 Å². The average molecular weight is 306 g/mol. The molecule has 2 fully saturated rings. The first-order chi connectivity index (χ1) is 10.2. The molecule has 3 rings (SSSR count). The van der Waals surface area contributed by atoms with Crippen molar-refractivity contribution in [1.82, 2.24) is 10.2 Å². The third-order valence-electron chi connectivity index (χ3n) is 4.33. The first-order valence-corrected chi connectivity index (χ1v) is 8.82. The number of carbonyl (C=O) groups is 1. The van der Waals surface area contributed by atoms with Gasteiger partial charge in [0.1, 0.15) is 17.5 Å². The highest BCUT2D eigenvalue weighted by Crippen LogP contribution is 2.47. The van der Waals surface area contributed by atoms with Crippen molar-refractivity contribution in [3.8, 4) is 5.75 Å². The van der Waals surface area contributed by atoms with E-state index >= 15 is 0 Å². The van der Waals surface area contributed by atoms with Crippen molar-refractivity contribution in [3.63, 3.8) is 0 Å². The van der Waals surface area contributed by atoms with Gasteiger partial charge in [0, 0.05) is 12.1 Å². The first kappa shape index (κ1) is 14.7. The van der Waals surface area contributed by atoms with E-state index in [2.05, 4.69) is 11.6 Å². The van der Waals surface area contributed by atoms with Crippen molar-refractivity contribution < 1.29 is 9.53 Å². The molecule has 1 heterocycles. The van der Waals surface area contributed by atoms with E-state index in [9.17, 15) is 4.79 Å². The van der Waals surface area contributed by atoms with Crippen LogP contribution in [0.2, 0.25) is 0 Å². The van der Waals surface area contributed by atoms with Crippen LogP contribution in [0.1, 0.15) is 31.0 Å². The Morgan fingerprint density at radius 3 is 2.86 bits per heavy atom. The van der Waals surface area contributed by atoms with Gasteiger partial charge in [-0.15, -0.1) is 0 Å². The molecule has 0 radical (unpaired) electrons. The maximum Gasteiger partial charge on any atom is 0.244 e. The van der Waals surface area contributed by atoms with Crippen molar-refractivity contribution in [2.45, 2.75) is 31.0 Å². The van der Waals surface area contributed by atoms with Crippen molar-refractivity contribution >= 4 is 17.7 Å². The molecule has 1 saturated carbocycles. The van der Waals surface area contributed by atoms with E-state index in [0.717, 1.165) is 42.9 Å². The van der Waals surface area contributed by atoms with Crippen LogP contribution in [0.4, 0.5) is 0 Å². The van der Waals surface area contributed by atoms with E-state index in [4.69, 9.17) is 4.74 Å². The lowest BCUT2D eigenvalue weighted by molar-refractivity contribution is -0.130. The quantitative estimate of drug-likeness (QED) is 0.820. The van der Waals surface area contributed by atoms with Crippen LogP contribution in [-0.2, 0) is 4.79 Å². The second kappa shape index (κ2) is 5.89. The molecular formula is C16H22N2O2S. The molecular weight excluding hydrogens is 284 g/mol. The number of benzene rings is 1. The Hall–Kier alpha value is -1.20. The first-order valence-electron chi connectivity index (χ1n) is 7.42. The van der Waals surface area contributed by atoms with Crippen molar-refractivity contribution in [2.24, 2.45) is 0 Å². The van der Waals surface area contributed by atoms with Crippen LogP contribution in [0.5, 0.6) is 5.75 Å². The van der Waals surface area contributed by atoms with Crippen LogP contribution in [-0.4, -0.2) is 42.0 Å². The maximum absolute atomic E-state index is 12.7. The zero-order chi connectivity index (χ0) is 14.9. The Bertz CT molecular complexity index is 531. The number of rotatable bonds is 6. The number of amides is 1. The topological polar surface area (TPSA) is 41.6 Å². The molecule has 0 bridgehead atoms. The summed E-state index contributed by atoms with van der Waals surface area (Å²) in [5, 5.41) is 3.55. The molecule has 1 aromatic carbocycles. The van der Waals surface area contributed by atoms with Gasteiger partial charge in [-0.3, -0.25) is 10.1 Å². The predicted octanol–water partition coefficient (Wildman–Crippen LogP) is 2.41. The molecule has 1 N–H and O–H groups in total. The van der Waals surface area contributed by atoms with Crippen molar-refractivity contribution in [3.05, 3.63) is 29.8 Å². The van der Waals surface area contributed by atoms with E-state index in [1.807, 2.05) is 40.9 Å². The standard InChI is InChI=1S/C16H22N2O2S/c1-20-13-7-4-3-6-12(13)14-17-16(8-9-16)15(19)18(14)10-5-11-21-2/h3-4,6-7,14,17H,5,8-11H2,1-2H3. The van der Waals surface area contributed by atoms with Crippen LogP contribution in [0.3, 0.4) is 0 Å². The maximum atomic E-state index is 12.7.